The Morgan fingerprint density at radius 1 is 1.11 bits per heavy atom. The molecule has 1 atom stereocenters. The summed E-state index contributed by atoms with van der Waals surface area (Å²) in [5.74, 6) is -0.163. The Morgan fingerprint density at radius 3 is 2.67 bits per heavy atom. The minimum Gasteiger partial charge on any atom is -0.351 e. The maximum Gasteiger partial charge on any atom is 0.249 e. The summed E-state index contributed by atoms with van der Waals surface area (Å²) in [5.41, 5.74) is 1.71. The van der Waals surface area contributed by atoms with E-state index in [1.54, 1.807) is 4.90 Å². The molecule has 1 fully saturated rings. The van der Waals surface area contributed by atoms with E-state index in [9.17, 15) is 9.59 Å². The lowest BCUT2D eigenvalue weighted by Gasteiger charge is -2.37. The second-order valence-electron chi connectivity index (χ2n) is 7.42. The molecule has 5 nitrogen and oxygen atoms in total. The maximum absolute atomic E-state index is 13.2. The smallest absolute Gasteiger partial charge is 0.249 e. The lowest BCUT2D eigenvalue weighted by atomic mass is 9.95. The molecule has 0 spiro atoms. The molecular formula is C21H24ClN3O2. The Kier molecular flexibility index (Phi) is 5.21. The Balaban J connectivity index is 1.62. The van der Waals surface area contributed by atoms with Crippen LogP contribution in [0.2, 0.25) is 5.02 Å². The van der Waals surface area contributed by atoms with Gasteiger partial charge in [0.1, 0.15) is 6.54 Å². The van der Waals surface area contributed by atoms with Crippen LogP contribution >= 0.6 is 11.6 Å². The summed E-state index contributed by atoms with van der Waals surface area (Å²) in [6.07, 6.45) is 7.41. The Bertz CT molecular complexity index is 841. The van der Waals surface area contributed by atoms with Gasteiger partial charge in [0.2, 0.25) is 11.8 Å². The number of fused-ring (bicyclic) bond motifs is 1. The largest absolute Gasteiger partial charge is 0.351 e. The number of halogens is 1. The van der Waals surface area contributed by atoms with Crippen molar-refractivity contribution >= 4 is 23.4 Å². The number of hydrogen-bond acceptors (Lipinski definition) is 2. The molecule has 2 amide bonds. The van der Waals surface area contributed by atoms with Crippen LogP contribution in [0.15, 0.2) is 42.6 Å². The molecule has 0 saturated heterocycles. The molecule has 6 heteroatoms. The topological polar surface area (TPSA) is 54.3 Å². The maximum atomic E-state index is 13.2. The highest BCUT2D eigenvalue weighted by atomic mass is 35.5. The number of rotatable bonds is 4. The first-order chi connectivity index (χ1) is 13.1. The van der Waals surface area contributed by atoms with Crippen LogP contribution in [0.5, 0.6) is 0 Å². The molecule has 2 aromatic rings. The van der Waals surface area contributed by atoms with Crippen LogP contribution in [-0.4, -0.2) is 27.3 Å². The monoisotopic (exact) mass is 385 g/mol. The molecule has 4 rings (SSSR count). The second-order valence-corrected chi connectivity index (χ2v) is 7.83. The lowest BCUT2D eigenvalue weighted by molar-refractivity contribution is -0.144. The predicted molar refractivity (Wildman–Crippen MR) is 104 cm³/mol. The van der Waals surface area contributed by atoms with Gasteiger partial charge in [0, 0.05) is 23.8 Å². The van der Waals surface area contributed by atoms with Gasteiger partial charge in [-0.05, 0) is 36.6 Å². The molecule has 2 aliphatic rings. The first-order valence-corrected chi connectivity index (χ1v) is 9.99. The van der Waals surface area contributed by atoms with Gasteiger partial charge in [0.15, 0.2) is 6.04 Å². The lowest BCUT2D eigenvalue weighted by Crippen LogP contribution is -2.50. The fraction of sp³-hybridized carbons (Fsp3) is 0.429. The summed E-state index contributed by atoms with van der Waals surface area (Å²) >= 11 is 6.31. The van der Waals surface area contributed by atoms with Crippen LogP contribution in [0.25, 0.3) is 0 Å². The zero-order valence-electron chi connectivity index (χ0n) is 15.2. The molecule has 0 bridgehead atoms. The Morgan fingerprint density at radius 2 is 1.89 bits per heavy atom. The van der Waals surface area contributed by atoms with E-state index in [-0.39, 0.29) is 24.4 Å². The molecular weight excluding hydrogens is 362 g/mol. The molecule has 27 heavy (non-hydrogen) atoms. The Labute approximate surface area is 164 Å². The summed E-state index contributed by atoms with van der Waals surface area (Å²) in [7, 11) is 0. The summed E-state index contributed by atoms with van der Waals surface area (Å²) in [6, 6.07) is 10.9. The molecule has 1 aliphatic heterocycles. The van der Waals surface area contributed by atoms with Gasteiger partial charge in [0.05, 0.1) is 5.69 Å². The molecule has 2 heterocycles. The number of carbonyl (C=O) groups excluding carboxylic acids is 2. The van der Waals surface area contributed by atoms with Gasteiger partial charge >= 0.3 is 0 Å². The van der Waals surface area contributed by atoms with Crippen molar-refractivity contribution in [3.63, 3.8) is 0 Å². The Hall–Kier alpha value is -2.27. The zero-order valence-corrected chi connectivity index (χ0v) is 16.0. The van der Waals surface area contributed by atoms with Gasteiger partial charge in [-0.15, -0.1) is 0 Å². The highest BCUT2D eigenvalue weighted by molar-refractivity contribution is 6.31. The van der Waals surface area contributed by atoms with E-state index in [0.29, 0.717) is 11.6 Å². The van der Waals surface area contributed by atoms with Crippen LogP contribution in [0.3, 0.4) is 0 Å². The van der Waals surface area contributed by atoms with Gasteiger partial charge < -0.3 is 14.8 Å². The van der Waals surface area contributed by atoms with Crippen molar-refractivity contribution in [2.75, 3.05) is 0 Å². The van der Waals surface area contributed by atoms with E-state index in [4.69, 9.17) is 11.6 Å². The van der Waals surface area contributed by atoms with E-state index >= 15 is 0 Å². The highest BCUT2D eigenvalue weighted by Gasteiger charge is 2.38. The average molecular weight is 386 g/mol. The second kappa shape index (κ2) is 7.77. The normalized spacial score (nSPS) is 20.4. The van der Waals surface area contributed by atoms with Gasteiger partial charge in [-0.2, -0.15) is 0 Å². The minimum absolute atomic E-state index is 0.0672. The van der Waals surface area contributed by atoms with Crippen LogP contribution in [0.1, 0.15) is 49.4 Å². The summed E-state index contributed by atoms with van der Waals surface area (Å²) in [6.45, 7) is 0.576. The first-order valence-electron chi connectivity index (χ1n) is 9.62. The molecule has 1 saturated carbocycles. The standard InChI is InChI=1S/C21H24ClN3O2/c22-17-10-5-4-7-15(17)13-25-19(26)14-24-12-6-11-18(24)20(25)21(27)23-16-8-2-1-3-9-16/h4-7,10-12,16,20H,1-3,8-9,13-14H2,(H,23,27). The van der Waals surface area contributed by atoms with Crippen LogP contribution in [0.4, 0.5) is 0 Å². The number of carbonyl (C=O) groups is 2. The number of nitrogens with one attached hydrogen (secondary N) is 1. The number of benzene rings is 1. The third kappa shape index (κ3) is 3.74. The highest BCUT2D eigenvalue weighted by Crippen LogP contribution is 2.31. The van der Waals surface area contributed by atoms with Crippen molar-refractivity contribution in [2.45, 2.75) is 57.3 Å². The summed E-state index contributed by atoms with van der Waals surface area (Å²) in [5, 5.41) is 3.80. The van der Waals surface area contributed by atoms with Crippen molar-refractivity contribution in [3.8, 4) is 0 Å². The number of amides is 2. The molecule has 1 unspecified atom stereocenters. The van der Waals surface area contributed by atoms with E-state index in [1.807, 2.05) is 47.2 Å². The molecule has 1 aromatic carbocycles. The van der Waals surface area contributed by atoms with Crippen molar-refractivity contribution < 1.29 is 9.59 Å². The van der Waals surface area contributed by atoms with Crippen molar-refractivity contribution in [2.24, 2.45) is 0 Å². The SMILES string of the molecule is O=C(NC1CCCCC1)C1c2cccn2CC(=O)N1Cc1ccccc1Cl. The third-order valence-electron chi connectivity index (χ3n) is 5.58. The molecule has 1 aromatic heterocycles. The van der Waals surface area contributed by atoms with Gasteiger partial charge in [-0.25, -0.2) is 0 Å². The van der Waals surface area contributed by atoms with Crippen molar-refractivity contribution in [1.82, 2.24) is 14.8 Å². The van der Waals surface area contributed by atoms with Gasteiger partial charge in [0.25, 0.3) is 0 Å². The molecule has 0 radical (unpaired) electrons. The van der Waals surface area contributed by atoms with Gasteiger partial charge in [-0.3, -0.25) is 9.59 Å². The summed E-state index contributed by atoms with van der Waals surface area (Å²) < 4.78 is 1.87. The van der Waals surface area contributed by atoms with Crippen molar-refractivity contribution in [3.05, 3.63) is 58.9 Å². The predicted octanol–water partition coefficient (Wildman–Crippen LogP) is 3.67. The number of hydrogen-bond donors (Lipinski definition) is 1. The fourth-order valence-corrected chi connectivity index (χ4v) is 4.35. The van der Waals surface area contributed by atoms with Crippen LogP contribution in [0, 0.1) is 0 Å². The number of nitrogens with zero attached hydrogens (tertiary/aromatic N) is 2. The fourth-order valence-electron chi connectivity index (χ4n) is 4.15. The van der Waals surface area contributed by atoms with E-state index in [1.165, 1.54) is 6.42 Å². The molecule has 1 N–H and O–H groups in total. The van der Waals surface area contributed by atoms with Crippen LogP contribution in [-0.2, 0) is 22.7 Å². The minimum atomic E-state index is -0.626. The first kappa shape index (κ1) is 18.1. The van der Waals surface area contributed by atoms with Gasteiger partial charge in [-0.1, -0.05) is 49.1 Å². The number of aromatic nitrogens is 1. The van der Waals surface area contributed by atoms with E-state index in [0.717, 1.165) is 36.9 Å². The quantitative estimate of drug-likeness (QED) is 0.872. The summed E-state index contributed by atoms with van der Waals surface area (Å²) in [4.78, 5) is 27.7. The average Bonchev–Trinajstić information content (AvgIpc) is 3.12. The van der Waals surface area contributed by atoms with E-state index in [2.05, 4.69) is 5.32 Å². The van der Waals surface area contributed by atoms with Crippen molar-refractivity contribution in [1.29, 1.82) is 0 Å². The molecule has 142 valence electrons. The van der Waals surface area contributed by atoms with Crippen LogP contribution < -0.4 is 5.32 Å². The molecule has 1 aliphatic carbocycles. The van der Waals surface area contributed by atoms with E-state index < -0.39 is 6.04 Å². The third-order valence-corrected chi connectivity index (χ3v) is 5.95. The zero-order chi connectivity index (χ0) is 18.8.